The van der Waals surface area contributed by atoms with E-state index in [2.05, 4.69) is 17.6 Å². The number of urea groups is 1. The highest BCUT2D eigenvalue weighted by molar-refractivity contribution is 5.94. The van der Waals surface area contributed by atoms with E-state index in [1.54, 1.807) is 36.1 Å². The van der Waals surface area contributed by atoms with Crippen LogP contribution in [-0.4, -0.2) is 29.1 Å². The van der Waals surface area contributed by atoms with Crippen LogP contribution >= 0.6 is 0 Å². The van der Waals surface area contributed by atoms with Crippen LogP contribution in [0.4, 0.5) is 16.2 Å². The monoisotopic (exact) mass is 381 g/mol. The molecule has 7 heteroatoms. The second-order valence-electron chi connectivity index (χ2n) is 7.03. The number of nitrogens with zero attached hydrogens (tertiary/aromatic N) is 1. The van der Waals surface area contributed by atoms with Gasteiger partial charge in [-0.05, 0) is 54.3 Å². The zero-order valence-electron chi connectivity index (χ0n) is 15.8. The predicted molar refractivity (Wildman–Crippen MR) is 106 cm³/mol. The lowest BCUT2D eigenvalue weighted by molar-refractivity contribution is -0.116. The molecule has 7 nitrogen and oxygen atoms in total. The molecule has 0 aromatic heterocycles. The predicted octanol–water partition coefficient (Wildman–Crippen LogP) is 3.47. The Bertz CT molecular complexity index is 878. The van der Waals surface area contributed by atoms with Crippen molar-refractivity contribution in [3.8, 4) is 0 Å². The van der Waals surface area contributed by atoms with Crippen LogP contribution in [-0.2, 0) is 11.3 Å². The Labute approximate surface area is 163 Å². The molecule has 0 spiro atoms. The smallest absolute Gasteiger partial charge is 0.335 e. The van der Waals surface area contributed by atoms with E-state index in [9.17, 15) is 14.4 Å². The Hall–Kier alpha value is -3.35. The molecule has 3 N–H and O–H groups in total. The average molecular weight is 381 g/mol. The van der Waals surface area contributed by atoms with E-state index in [0.717, 1.165) is 17.7 Å². The summed E-state index contributed by atoms with van der Waals surface area (Å²) in [7, 11) is 0. The fourth-order valence-corrected chi connectivity index (χ4v) is 3.10. The zero-order chi connectivity index (χ0) is 20.3. The Morgan fingerprint density at radius 2 is 1.68 bits per heavy atom. The quantitative estimate of drug-likeness (QED) is 0.713. The summed E-state index contributed by atoms with van der Waals surface area (Å²) >= 11 is 0. The zero-order valence-corrected chi connectivity index (χ0v) is 15.8. The van der Waals surface area contributed by atoms with Crippen LogP contribution in [0.3, 0.4) is 0 Å². The summed E-state index contributed by atoms with van der Waals surface area (Å²) in [6.45, 7) is 3.96. The van der Waals surface area contributed by atoms with E-state index in [-0.39, 0.29) is 30.1 Å². The first-order valence-electron chi connectivity index (χ1n) is 9.12. The fourth-order valence-electron chi connectivity index (χ4n) is 3.10. The molecule has 0 aliphatic heterocycles. The highest BCUT2D eigenvalue weighted by atomic mass is 16.4. The number of benzene rings is 2. The van der Waals surface area contributed by atoms with Gasteiger partial charge in [0.05, 0.1) is 5.56 Å². The first kappa shape index (κ1) is 19.4. The van der Waals surface area contributed by atoms with Gasteiger partial charge in [-0.25, -0.2) is 9.59 Å². The number of aromatic carboxylic acids is 1. The van der Waals surface area contributed by atoms with E-state index in [0.29, 0.717) is 11.6 Å². The van der Waals surface area contributed by atoms with Crippen molar-refractivity contribution < 1.29 is 19.5 Å². The van der Waals surface area contributed by atoms with Crippen molar-refractivity contribution in [3.05, 3.63) is 59.7 Å². The van der Waals surface area contributed by atoms with Crippen LogP contribution in [0.25, 0.3) is 0 Å². The van der Waals surface area contributed by atoms with Gasteiger partial charge in [-0.3, -0.25) is 4.79 Å². The number of nitrogens with one attached hydrogen (secondary N) is 2. The minimum atomic E-state index is -0.986. The molecular weight excluding hydrogens is 358 g/mol. The second-order valence-corrected chi connectivity index (χ2v) is 7.03. The molecule has 0 saturated heterocycles. The van der Waals surface area contributed by atoms with Gasteiger partial charge < -0.3 is 20.6 Å². The van der Waals surface area contributed by atoms with Gasteiger partial charge in [-0.2, -0.15) is 0 Å². The van der Waals surface area contributed by atoms with Gasteiger partial charge in [0.25, 0.3) is 0 Å². The molecule has 2 atom stereocenters. The molecule has 146 valence electrons. The van der Waals surface area contributed by atoms with Crippen molar-refractivity contribution in [1.29, 1.82) is 0 Å². The maximum atomic E-state index is 12.1. The summed E-state index contributed by atoms with van der Waals surface area (Å²) in [6.07, 6.45) is 1.01. The summed E-state index contributed by atoms with van der Waals surface area (Å²) in [5.41, 5.74) is 2.45. The summed E-state index contributed by atoms with van der Waals surface area (Å²) in [5, 5.41) is 14.4. The molecule has 2 aromatic carbocycles. The summed E-state index contributed by atoms with van der Waals surface area (Å²) in [5.74, 6) is -0.459. The third kappa shape index (κ3) is 4.68. The normalized spacial score (nSPS) is 17.5. The number of rotatable bonds is 6. The number of carboxylic acids is 1. The second kappa shape index (κ2) is 8.12. The molecule has 0 heterocycles. The minimum Gasteiger partial charge on any atom is -0.478 e. The molecule has 2 aromatic rings. The Morgan fingerprint density at radius 1 is 1.07 bits per heavy atom. The Kier molecular flexibility index (Phi) is 5.63. The van der Waals surface area contributed by atoms with Crippen LogP contribution < -0.4 is 15.5 Å². The van der Waals surface area contributed by atoms with Gasteiger partial charge >= 0.3 is 12.0 Å². The maximum Gasteiger partial charge on any atom is 0.335 e. The number of hydrogen-bond donors (Lipinski definition) is 3. The molecular formula is C21H23N3O4. The van der Waals surface area contributed by atoms with Gasteiger partial charge in [0.2, 0.25) is 5.91 Å². The number of amides is 3. The number of carboxylic acid groups (broad SMARTS) is 1. The number of hydrogen-bond acceptors (Lipinski definition) is 3. The molecule has 1 aliphatic rings. The largest absolute Gasteiger partial charge is 0.478 e. The van der Waals surface area contributed by atoms with Gasteiger partial charge in [0.15, 0.2) is 0 Å². The van der Waals surface area contributed by atoms with E-state index < -0.39 is 5.97 Å². The van der Waals surface area contributed by atoms with Gasteiger partial charge in [0.1, 0.15) is 0 Å². The number of anilines is 2. The number of carbonyl (C=O) groups excluding carboxylic acids is 2. The van der Waals surface area contributed by atoms with Gasteiger partial charge in [-0.1, -0.05) is 19.1 Å². The molecule has 1 saturated carbocycles. The first-order valence-corrected chi connectivity index (χ1v) is 9.12. The van der Waals surface area contributed by atoms with E-state index in [4.69, 9.17) is 5.11 Å². The average Bonchev–Trinajstić information content (AvgIpc) is 3.37. The van der Waals surface area contributed by atoms with Crippen LogP contribution in [0.5, 0.6) is 0 Å². The van der Waals surface area contributed by atoms with Crippen molar-refractivity contribution in [2.45, 2.75) is 32.9 Å². The van der Waals surface area contributed by atoms with Crippen molar-refractivity contribution in [1.82, 2.24) is 5.32 Å². The highest BCUT2D eigenvalue weighted by Crippen LogP contribution is 2.38. The molecule has 3 rings (SSSR count). The number of carbonyl (C=O) groups is 3. The molecule has 28 heavy (non-hydrogen) atoms. The van der Waals surface area contributed by atoms with Crippen molar-refractivity contribution in [3.63, 3.8) is 0 Å². The van der Waals surface area contributed by atoms with E-state index >= 15 is 0 Å². The molecule has 1 fully saturated rings. The lowest BCUT2D eigenvalue weighted by atomic mass is 10.1. The van der Waals surface area contributed by atoms with Crippen LogP contribution in [0.15, 0.2) is 48.5 Å². The lowest BCUT2D eigenvalue weighted by Crippen LogP contribution is -2.31. The fraction of sp³-hybridized carbons (Fsp3) is 0.286. The minimum absolute atomic E-state index is 0.0155. The first-order chi connectivity index (χ1) is 13.3. The van der Waals surface area contributed by atoms with Crippen LogP contribution in [0, 0.1) is 5.92 Å². The summed E-state index contributed by atoms with van der Waals surface area (Å²) in [6, 6.07) is 13.4. The molecule has 1 aliphatic carbocycles. The van der Waals surface area contributed by atoms with E-state index in [1.165, 1.54) is 12.1 Å². The van der Waals surface area contributed by atoms with Crippen LogP contribution in [0.1, 0.15) is 36.2 Å². The lowest BCUT2D eigenvalue weighted by Gasteiger charge is -2.21. The third-order valence-corrected chi connectivity index (χ3v) is 4.80. The van der Waals surface area contributed by atoms with Gasteiger partial charge in [0, 0.05) is 30.9 Å². The molecule has 0 radical (unpaired) electrons. The molecule has 0 bridgehead atoms. The summed E-state index contributed by atoms with van der Waals surface area (Å²) in [4.78, 5) is 36.6. The topological polar surface area (TPSA) is 98.7 Å². The van der Waals surface area contributed by atoms with Crippen molar-refractivity contribution in [2.24, 2.45) is 5.92 Å². The van der Waals surface area contributed by atoms with Crippen LogP contribution in [0.2, 0.25) is 0 Å². The molecule has 2 unspecified atom stereocenters. The van der Waals surface area contributed by atoms with Crippen molar-refractivity contribution in [2.75, 3.05) is 10.2 Å². The van der Waals surface area contributed by atoms with E-state index in [1.807, 2.05) is 12.1 Å². The van der Waals surface area contributed by atoms with Crippen molar-refractivity contribution >= 4 is 29.3 Å². The Morgan fingerprint density at radius 3 is 2.18 bits per heavy atom. The highest BCUT2D eigenvalue weighted by Gasteiger charge is 2.40. The van der Waals surface area contributed by atoms with Gasteiger partial charge in [-0.15, -0.1) is 0 Å². The standard InChI is InChI=1S/C21H23N3O4/c1-13-11-19(13)24(14(2)25)18-9-7-17(8-10-18)23-21(28)22-12-15-3-5-16(6-4-15)20(26)27/h3-10,13,19H,11-12H2,1-2H3,(H,26,27)(H2,22,23,28). The Balaban J connectivity index is 1.54. The SMILES string of the molecule is CC(=O)N(c1ccc(NC(=O)NCc2ccc(C(=O)O)cc2)cc1)C1CC1C. The molecule has 3 amide bonds. The summed E-state index contributed by atoms with van der Waals surface area (Å²) < 4.78 is 0. The maximum absolute atomic E-state index is 12.1. The third-order valence-electron chi connectivity index (χ3n) is 4.80.